The first-order valence-electron chi connectivity index (χ1n) is 12.2. The van der Waals surface area contributed by atoms with Gasteiger partial charge in [-0.1, -0.05) is 50.2 Å². The Kier molecular flexibility index (Phi) is 7.47. The summed E-state index contributed by atoms with van der Waals surface area (Å²) in [5.41, 5.74) is 12.8. The van der Waals surface area contributed by atoms with E-state index >= 15 is 0 Å². The summed E-state index contributed by atoms with van der Waals surface area (Å²) < 4.78 is 26.0. The number of fused-ring (bicyclic) bond motifs is 1. The van der Waals surface area contributed by atoms with Gasteiger partial charge < -0.3 is 10.6 Å². The number of nitrogens with zero attached hydrogens (tertiary/aromatic N) is 3. The van der Waals surface area contributed by atoms with Crippen LogP contribution in [0.5, 0.6) is 0 Å². The number of amidine groups is 1. The summed E-state index contributed by atoms with van der Waals surface area (Å²) in [7, 11) is -3.83. The van der Waals surface area contributed by atoms with Crippen molar-refractivity contribution < 1.29 is 8.42 Å². The van der Waals surface area contributed by atoms with Crippen molar-refractivity contribution in [2.24, 2.45) is 10.9 Å². The van der Waals surface area contributed by atoms with Crippen LogP contribution in [0.1, 0.15) is 36.4 Å². The minimum Gasteiger partial charge on any atom is -0.384 e. The van der Waals surface area contributed by atoms with Gasteiger partial charge in [0, 0.05) is 23.4 Å². The van der Waals surface area contributed by atoms with E-state index in [0.717, 1.165) is 46.9 Å². The molecule has 1 aromatic heterocycles. The topological polar surface area (TPSA) is 131 Å². The maximum absolute atomic E-state index is 12.1. The molecule has 1 aliphatic heterocycles. The van der Waals surface area contributed by atoms with Crippen LogP contribution >= 0.6 is 0 Å². The molecule has 0 amide bonds. The highest BCUT2D eigenvalue weighted by Gasteiger charge is 2.23. The van der Waals surface area contributed by atoms with Crippen LogP contribution in [0.3, 0.4) is 0 Å². The molecule has 0 bridgehead atoms. The van der Waals surface area contributed by atoms with Gasteiger partial charge in [0.25, 0.3) is 0 Å². The first-order valence-corrected chi connectivity index (χ1v) is 13.8. The van der Waals surface area contributed by atoms with Gasteiger partial charge >= 0.3 is 0 Å². The molecule has 192 valence electrons. The molecule has 37 heavy (non-hydrogen) atoms. The summed E-state index contributed by atoms with van der Waals surface area (Å²) >= 11 is 0. The quantitative estimate of drug-likeness (QED) is 0.259. The molecule has 0 unspecified atom stereocenters. The van der Waals surface area contributed by atoms with Gasteiger partial charge in [0.1, 0.15) is 5.84 Å². The van der Waals surface area contributed by atoms with Crippen molar-refractivity contribution in [3.8, 4) is 16.8 Å². The van der Waals surface area contributed by atoms with Crippen LogP contribution in [0.4, 0.5) is 5.69 Å². The number of hydrogen-bond donors (Lipinski definition) is 3. The number of sulfonamides is 1. The van der Waals surface area contributed by atoms with E-state index in [4.69, 9.17) is 16.3 Å². The first-order chi connectivity index (χ1) is 17.7. The fourth-order valence-electron chi connectivity index (χ4n) is 4.65. The summed E-state index contributed by atoms with van der Waals surface area (Å²) in [6.07, 6.45) is 0.855. The highest BCUT2D eigenvalue weighted by Crippen LogP contribution is 2.35. The molecule has 8 nitrogen and oxygen atoms in total. The monoisotopic (exact) mass is 516 g/mol. The average molecular weight is 517 g/mol. The molecule has 4 aromatic rings. The number of nitrogen functional groups attached to an aromatic ring is 1. The maximum Gasteiger partial charge on any atom is 0.238 e. The number of nitrogens with two attached hydrogens (primary N) is 2. The van der Waals surface area contributed by atoms with E-state index in [1.165, 1.54) is 6.07 Å². The molecule has 0 spiro atoms. The van der Waals surface area contributed by atoms with Crippen molar-refractivity contribution >= 4 is 21.5 Å². The molecular weight excluding hydrogens is 484 g/mol. The van der Waals surface area contributed by atoms with Crippen LogP contribution in [-0.2, 0) is 23.0 Å². The highest BCUT2D eigenvalue weighted by molar-refractivity contribution is 7.89. The lowest BCUT2D eigenvalue weighted by Gasteiger charge is -2.20. The van der Waals surface area contributed by atoms with Gasteiger partial charge in [-0.05, 0) is 60.9 Å². The normalized spacial score (nSPS) is 12.6. The number of anilines is 1. The lowest BCUT2D eigenvalue weighted by molar-refractivity contribution is 0.598. The smallest absolute Gasteiger partial charge is 0.238 e. The van der Waals surface area contributed by atoms with E-state index in [2.05, 4.69) is 22.1 Å². The van der Waals surface area contributed by atoms with Crippen molar-refractivity contribution in [2.75, 3.05) is 11.4 Å². The van der Waals surface area contributed by atoms with Crippen LogP contribution < -0.4 is 15.8 Å². The molecule has 0 fully saturated rings. The first kappa shape index (κ1) is 26.1. The van der Waals surface area contributed by atoms with E-state index in [9.17, 15) is 8.42 Å². The third-order valence-electron chi connectivity index (χ3n) is 6.24. The molecule has 5 rings (SSSR count). The Hall–Kier alpha value is -3.95. The maximum atomic E-state index is 12.1. The lowest BCUT2D eigenvalue weighted by Crippen LogP contribution is -2.21. The number of primary sulfonamides is 1. The number of aromatic nitrogens is 2. The zero-order valence-corrected chi connectivity index (χ0v) is 22.1. The minimum absolute atomic E-state index is 0.0190. The number of nitrogens with one attached hydrogen (secondary N) is 1. The highest BCUT2D eigenvalue weighted by atomic mass is 32.2. The lowest BCUT2D eigenvalue weighted by atomic mass is 10.0. The van der Waals surface area contributed by atoms with Gasteiger partial charge in [-0.25, -0.2) is 18.2 Å². The molecule has 0 radical (unpaired) electrons. The van der Waals surface area contributed by atoms with Crippen LogP contribution in [-0.4, -0.2) is 30.6 Å². The summed E-state index contributed by atoms with van der Waals surface area (Å²) in [4.78, 5) is 2.42. The summed E-state index contributed by atoms with van der Waals surface area (Å²) in [6, 6.07) is 22.4. The SMILES string of the molecule is CC.Cc1cc(CN2CCc3cc(-c4ccccc4S(N)(=O)=O)ccc32)n(-c2cccc(C(=N)N)c2)n1. The van der Waals surface area contributed by atoms with Gasteiger partial charge in [-0.3, -0.25) is 5.41 Å². The number of rotatable bonds is 6. The third-order valence-corrected chi connectivity index (χ3v) is 7.20. The fourth-order valence-corrected chi connectivity index (χ4v) is 5.41. The zero-order chi connectivity index (χ0) is 26.7. The number of hydrogen-bond acceptors (Lipinski definition) is 5. The molecule has 0 atom stereocenters. The standard InChI is InChI=1S/C26H26N6O2S.C2H6/c1-17-13-22(32(30-17)21-6-4-5-20(15-21)26(27)28)16-31-12-11-19-14-18(9-10-24(19)31)23-7-2-3-8-25(23)35(29,33)34;1-2/h2-10,13-15H,11-12,16H2,1H3,(H3,27,28)(H2,29,33,34);1-2H3. The predicted octanol–water partition coefficient (Wildman–Crippen LogP) is 4.37. The molecule has 0 saturated heterocycles. The fraction of sp³-hybridized carbons (Fsp3) is 0.214. The largest absolute Gasteiger partial charge is 0.384 e. The minimum atomic E-state index is -3.83. The number of aryl methyl sites for hydroxylation is 1. The molecule has 2 heterocycles. The van der Waals surface area contributed by atoms with E-state index in [0.29, 0.717) is 17.7 Å². The second-order valence-electron chi connectivity index (χ2n) is 8.71. The molecule has 1 aliphatic rings. The van der Waals surface area contributed by atoms with Crippen LogP contribution in [0, 0.1) is 12.3 Å². The summed E-state index contributed by atoms with van der Waals surface area (Å²) in [5, 5.41) is 17.9. The molecule has 3 aromatic carbocycles. The Morgan fingerprint density at radius 1 is 1.03 bits per heavy atom. The Bertz CT molecular complexity index is 1560. The van der Waals surface area contributed by atoms with Gasteiger partial charge in [0.05, 0.1) is 28.5 Å². The van der Waals surface area contributed by atoms with Gasteiger partial charge in [-0.2, -0.15) is 5.10 Å². The van der Waals surface area contributed by atoms with Crippen LogP contribution in [0.25, 0.3) is 16.8 Å². The van der Waals surface area contributed by atoms with Crippen molar-refractivity contribution in [3.05, 3.63) is 95.3 Å². The summed E-state index contributed by atoms with van der Waals surface area (Å²) in [5.74, 6) is 0.0190. The van der Waals surface area contributed by atoms with Crippen molar-refractivity contribution in [1.82, 2.24) is 9.78 Å². The summed E-state index contributed by atoms with van der Waals surface area (Å²) in [6.45, 7) is 7.46. The van der Waals surface area contributed by atoms with Gasteiger partial charge in [-0.15, -0.1) is 0 Å². The van der Waals surface area contributed by atoms with Crippen molar-refractivity contribution in [2.45, 2.75) is 38.6 Å². The van der Waals surface area contributed by atoms with E-state index < -0.39 is 10.0 Å². The Morgan fingerprint density at radius 3 is 2.51 bits per heavy atom. The second-order valence-corrected chi connectivity index (χ2v) is 10.2. The Morgan fingerprint density at radius 2 is 1.78 bits per heavy atom. The zero-order valence-electron chi connectivity index (χ0n) is 21.3. The second kappa shape index (κ2) is 10.6. The molecule has 0 aliphatic carbocycles. The molecular formula is C28H32N6O2S. The molecule has 0 saturated carbocycles. The van der Waals surface area contributed by atoms with Gasteiger partial charge in [0.2, 0.25) is 10.0 Å². The van der Waals surface area contributed by atoms with Crippen molar-refractivity contribution in [1.29, 1.82) is 5.41 Å². The van der Waals surface area contributed by atoms with E-state index in [1.54, 1.807) is 12.1 Å². The van der Waals surface area contributed by atoms with E-state index in [-0.39, 0.29) is 10.7 Å². The Labute approximate surface area is 218 Å². The van der Waals surface area contributed by atoms with Gasteiger partial charge in [0.15, 0.2) is 0 Å². The predicted molar refractivity (Wildman–Crippen MR) is 149 cm³/mol. The number of benzene rings is 3. The Balaban J connectivity index is 0.00000156. The molecule has 5 N–H and O–H groups in total. The van der Waals surface area contributed by atoms with Crippen LogP contribution in [0.15, 0.2) is 77.7 Å². The molecule has 9 heteroatoms. The third kappa shape index (κ3) is 5.42. The van der Waals surface area contributed by atoms with Crippen LogP contribution in [0.2, 0.25) is 0 Å². The van der Waals surface area contributed by atoms with Crippen molar-refractivity contribution in [3.63, 3.8) is 0 Å². The van der Waals surface area contributed by atoms with E-state index in [1.807, 2.05) is 67.9 Å². The average Bonchev–Trinajstić information content (AvgIpc) is 3.47.